The predicted molar refractivity (Wildman–Crippen MR) is 148 cm³/mol. The second-order valence-corrected chi connectivity index (χ2v) is 10.8. The number of unbranched alkanes of at least 4 members (excludes halogenated alkanes) is 20. The van der Waals surface area contributed by atoms with Crippen LogP contribution in [-0.4, -0.2) is 32.8 Å². The third-order valence-electron chi connectivity index (χ3n) is 5.91. The summed E-state index contributed by atoms with van der Waals surface area (Å²) < 4.78 is 9.40. The van der Waals surface area contributed by atoms with Crippen molar-refractivity contribution >= 4 is 17.2 Å². The van der Waals surface area contributed by atoms with Crippen LogP contribution in [0.25, 0.3) is 0 Å². The zero-order valence-corrected chi connectivity index (χ0v) is 24.3. The third kappa shape index (κ3) is 39.8. The normalized spacial score (nSPS) is 11.3. The Morgan fingerprint density at radius 1 is 0.353 bits per heavy atom. The highest BCUT2D eigenvalue weighted by Gasteiger charge is 1.99. The molecule has 0 spiro atoms. The van der Waals surface area contributed by atoms with Crippen molar-refractivity contribution in [3.05, 3.63) is 0 Å². The number of rotatable bonds is 26. The van der Waals surface area contributed by atoms with Crippen LogP contribution in [0.1, 0.15) is 155 Å². The monoisotopic (exact) mass is 528 g/mol. The van der Waals surface area contributed by atoms with Gasteiger partial charge in [0.25, 0.3) is 0 Å². The summed E-state index contributed by atoms with van der Waals surface area (Å²) in [5.41, 5.74) is 0. The highest BCUT2D eigenvalue weighted by atomic mass is 31.2. The van der Waals surface area contributed by atoms with Crippen LogP contribution in [0, 0.1) is 0 Å². The van der Waals surface area contributed by atoms with Crippen molar-refractivity contribution in [3.63, 3.8) is 0 Å². The maximum absolute atomic E-state index is 8.51. The van der Waals surface area contributed by atoms with E-state index in [1.807, 2.05) is 0 Å². The van der Waals surface area contributed by atoms with Crippen molar-refractivity contribution in [2.75, 3.05) is 13.2 Å². The molecule has 4 N–H and O–H groups in total. The molecule has 0 atom stereocenters. The fraction of sp³-hybridized carbons (Fsp3) is 1.00. The smallest absolute Gasteiger partial charge is 0.327 e. The molecule has 0 radical (unpaired) electrons. The summed E-state index contributed by atoms with van der Waals surface area (Å²) in [5, 5.41) is 0. The number of hydrogen-bond donors (Lipinski definition) is 4. The van der Waals surface area contributed by atoms with E-state index in [9.17, 15) is 0 Å². The van der Waals surface area contributed by atoms with Crippen LogP contribution in [0.3, 0.4) is 0 Å². The predicted octanol–water partition coefficient (Wildman–Crippen LogP) is 9.05. The second-order valence-electron chi connectivity index (χ2n) is 9.24. The summed E-state index contributed by atoms with van der Waals surface area (Å²) in [6, 6.07) is 0. The standard InChI is InChI=1S/2C13H29O3P/c2*1-2-3-4-5-6-7-8-9-10-11-12-13-16-17(14)15/h2*14-15H,2-13H2,1H3. The van der Waals surface area contributed by atoms with Gasteiger partial charge in [0.1, 0.15) is 0 Å². The summed E-state index contributed by atoms with van der Waals surface area (Å²) in [6.07, 6.45) is 28.5. The van der Waals surface area contributed by atoms with E-state index >= 15 is 0 Å². The average molecular weight is 529 g/mol. The van der Waals surface area contributed by atoms with Crippen molar-refractivity contribution < 1.29 is 28.6 Å². The molecule has 0 amide bonds. The Bertz CT molecular complexity index is 317. The van der Waals surface area contributed by atoms with Gasteiger partial charge in [0.05, 0.1) is 13.2 Å². The molecule has 0 fully saturated rings. The van der Waals surface area contributed by atoms with E-state index in [0.717, 1.165) is 25.7 Å². The first kappa shape index (κ1) is 36.8. The molecule has 34 heavy (non-hydrogen) atoms. The van der Waals surface area contributed by atoms with Gasteiger partial charge in [0.2, 0.25) is 0 Å². The van der Waals surface area contributed by atoms with Crippen molar-refractivity contribution in [1.29, 1.82) is 0 Å². The first-order valence-corrected chi connectivity index (χ1v) is 16.5. The Morgan fingerprint density at radius 3 is 0.765 bits per heavy atom. The van der Waals surface area contributed by atoms with Gasteiger partial charge in [-0.3, -0.25) is 0 Å². The first-order valence-electron chi connectivity index (χ1n) is 14.2. The zero-order valence-electron chi connectivity index (χ0n) is 22.5. The first-order chi connectivity index (χ1) is 16.5. The van der Waals surface area contributed by atoms with Crippen LogP contribution < -0.4 is 0 Å². The van der Waals surface area contributed by atoms with E-state index in [4.69, 9.17) is 28.6 Å². The Labute approximate surface area is 214 Å². The minimum Gasteiger partial charge on any atom is -0.328 e. The van der Waals surface area contributed by atoms with Gasteiger partial charge in [-0.1, -0.05) is 142 Å². The summed E-state index contributed by atoms with van der Waals surface area (Å²) in [5.74, 6) is 0. The minimum absolute atomic E-state index is 0.482. The van der Waals surface area contributed by atoms with Gasteiger partial charge in [-0.15, -0.1) is 0 Å². The quantitative estimate of drug-likeness (QED) is 0.0660. The molecule has 0 aromatic rings. The topological polar surface area (TPSA) is 99.4 Å². The molecule has 6 nitrogen and oxygen atoms in total. The van der Waals surface area contributed by atoms with Crippen LogP contribution in [0.2, 0.25) is 0 Å². The van der Waals surface area contributed by atoms with Crippen LogP contribution in [0.4, 0.5) is 0 Å². The Balaban J connectivity index is 0. The van der Waals surface area contributed by atoms with Gasteiger partial charge in [-0.05, 0) is 12.8 Å². The van der Waals surface area contributed by atoms with Gasteiger partial charge < -0.3 is 28.6 Å². The fourth-order valence-electron chi connectivity index (χ4n) is 3.82. The van der Waals surface area contributed by atoms with E-state index in [2.05, 4.69) is 13.8 Å². The summed E-state index contributed by atoms with van der Waals surface area (Å²) in [7, 11) is -4.28. The Kier molecular flexibility index (Phi) is 36.4. The van der Waals surface area contributed by atoms with Crippen LogP contribution in [0.15, 0.2) is 0 Å². The molecule has 0 aliphatic rings. The van der Waals surface area contributed by atoms with E-state index < -0.39 is 17.2 Å². The van der Waals surface area contributed by atoms with E-state index in [0.29, 0.717) is 13.2 Å². The molecular formula is C26H58O6P2. The molecule has 0 aliphatic carbocycles. The molecule has 0 bridgehead atoms. The average Bonchev–Trinajstić information content (AvgIpc) is 2.80. The highest BCUT2D eigenvalue weighted by molar-refractivity contribution is 7.39. The second kappa shape index (κ2) is 33.6. The minimum atomic E-state index is -2.14. The lowest BCUT2D eigenvalue weighted by Crippen LogP contribution is -1.89. The van der Waals surface area contributed by atoms with Gasteiger partial charge in [0, 0.05) is 0 Å². The number of hydrogen-bond acceptors (Lipinski definition) is 6. The molecule has 0 heterocycles. The fourth-order valence-corrected chi connectivity index (χ4v) is 4.41. The van der Waals surface area contributed by atoms with Crippen molar-refractivity contribution in [2.24, 2.45) is 0 Å². The van der Waals surface area contributed by atoms with Gasteiger partial charge in [0.15, 0.2) is 0 Å². The zero-order chi connectivity index (χ0) is 25.5. The van der Waals surface area contributed by atoms with Gasteiger partial charge in [-0.25, -0.2) is 0 Å². The molecule has 0 unspecified atom stereocenters. The van der Waals surface area contributed by atoms with Crippen LogP contribution >= 0.6 is 17.2 Å². The van der Waals surface area contributed by atoms with Crippen LogP contribution in [-0.2, 0) is 9.05 Å². The maximum Gasteiger partial charge on any atom is 0.327 e. The Hall–Kier alpha value is 0.620. The maximum atomic E-state index is 8.51. The highest BCUT2D eigenvalue weighted by Crippen LogP contribution is 2.25. The van der Waals surface area contributed by atoms with Crippen LogP contribution in [0.5, 0.6) is 0 Å². The van der Waals surface area contributed by atoms with Crippen molar-refractivity contribution in [3.8, 4) is 0 Å². The third-order valence-corrected chi connectivity index (χ3v) is 6.74. The lowest BCUT2D eigenvalue weighted by Gasteiger charge is -2.04. The van der Waals surface area contributed by atoms with E-state index in [1.54, 1.807) is 0 Å². The van der Waals surface area contributed by atoms with Gasteiger partial charge in [-0.2, -0.15) is 0 Å². The SMILES string of the molecule is CCCCCCCCCCCCCOP(O)O.CCCCCCCCCCCCCOP(O)O. The van der Waals surface area contributed by atoms with Crippen molar-refractivity contribution in [2.45, 2.75) is 155 Å². The summed E-state index contributed by atoms with van der Waals surface area (Å²) >= 11 is 0. The Morgan fingerprint density at radius 2 is 0.559 bits per heavy atom. The summed E-state index contributed by atoms with van der Waals surface area (Å²) in [4.78, 5) is 34.0. The molecule has 0 saturated heterocycles. The molecule has 8 heteroatoms. The lowest BCUT2D eigenvalue weighted by atomic mass is 10.1. The molecule has 0 aliphatic heterocycles. The lowest BCUT2D eigenvalue weighted by molar-refractivity contribution is 0.247. The molecule has 0 aromatic carbocycles. The largest absolute Gasteiger partial charge is 0.328 e. The van der Waals surface area contributed by atoms with Crippen molar-refractivity contribution in [1.82, 2.24) is 0 Å². The molecular weight excluding hydrogens is 470 g/mol. The summed E-state index contributed by atoms with van der Waals surface area (Å²) in [6.45, 7) is 5.47. The molecule has 0 rings (SSSR count). The van der Waals surface area contributed by atoms with Gasteiger partial charge >= 0.3 is 17.2 Å². The molecule has 0 saturated carbocycles. The van der Waals surface area contributed by atoms with E-state index in [1.165, 1.54) is 116 Å². The van der Waals surface area contributed by atoms with E-state index in [-0.39, 0.29) is 0 Å². The molecule has 0 aromatic heterocycles. The molecule has 208 valence electrons.